The summed E-state index contributed by atoms with van der Waals surface area (Å²) in [6.45, 7) is 1.31. The van der Waals surface area contributed by atoms with Gasteiger partial charge in [-0.05, 0) is 42.8 Å². The minimum atomic E-state index is -0.645. The van der Waals surface area contributed by atoms with Gasteiger partial charge < -0.3 is 18.9 Å². The first-order valence-electron chi connectivity index (χ1n) is 12.0. The number of nitrogens with one attached hydrogen (secondary N) is 1. The number of aryl methyl sites for hydroxylation is 1. The lowest BCUT2D eigenvalue weighted by molar-refractivity contribution is 0.0383. The molecule has 0 saturated heterocycles. The van der Waals surface area contributed by atoms with Crippen LogP contribution in [0.3, 0.4) is 0 Å². The fraction of sp³-hybridized carbons (Fsp3) is 0.222. The maximum absolute atomic E-state index is 13.7. The number of benzene rings is 2. The fourth-order valence-electron chi connectivity index (χ4n) is 4.19. The number of fused-ring (bicyclic) bond motifs is 4. The Bertz CT molecular complexity index is 1690. The molecule has 1 amide bonds. The van der Waals surface area contributed by atoms with Gasteiger partial charge in [-0.1, -0.05) is 0 Å². The van der Waals surface area contributed by atoms with Crippen LogP contribution in [0.25, 0.3) is 31.7 Å². The summed E-state index contributed by atoms with van der Waals surface area (Å²) in [6.07, 6.45) is 3.49. The fourth-order valence-corrected chi connectivity index (χ4v) is 5.26. The Labute approximate surface area is 225 Å². The number of carbonyl (C=O) groups is 1. The largest absolute Gasteiger partial charge is 0.495 e. The minimum Gasteiger partial charge on any atom is -0.495 e. The summed E-state index contributed by atoms with van der Waals surface area (Å²) in [6, 6.07) is 8.97. The van der Waals surface area contributed by atoms with Crippen molar-refractivity contribution in [3.05, 3.63) is 60.3 Å². The molecule has 0 saturated carbocycles. The van der Waals surface area contributed by atoms with E-state index in [1.54, 1.807) is 38.4 Å². The van der Waals surface area contributed by atoms with E-state index in [1.807, 2.05) is 12.1 Å². The molecule has 0 spiro atoms. The van der Waals surface area contributed by atoms with Crippen LogP contribution in [-0.2, 0) is 11.4 Å². The molecule has 0 fully saturated rings. The third-order valence-corrected chi connectivity index (χ3v) is 7.15. The number of ether oxygens (including phenoxy) is 4. The van der Waals surface area contributed by atoms with Crippen LogP contribution < -0.4 is 19.5 Å². The molecule has 1 N–H and O–H groups in total. The number of hydrogen-bond acceptors (Lipinski definition) is 10. The zero-order chi connectivity index (χ0) is 26.9. The smallest absolute Gasteiger partial charge is 0.411 e. The molecule has 10 nitrogen and oxygen atoms in total. The molecule has 198 valence electrons. The number of halogens is 1. The van der Waals surface area contributed by atoms with Gasteiger partial charge in [0.1, 0.15) is 41.2 Å². The molecule has 0 radical (unpaired) electrons. The van der Waals surface area contributed by atoms with Crippen molar-refractivity contribution in [3.63, 3.8) is 0 Å². The summed E-state index contributed by atoms with van der Waals surface area (Å²) in [5, 5.41) is 4.02. The monoisotopic (exact) mass is 547 g/mol. The number of thiazole rings is 1. The Morgan fingerprint density at radius 2 is 2.03 bits per heavy atom. The van der Waals surface area contributed by atoms with Crippen LogP contribution >= 0.6 is 11.3 Å². The molecule has 1 aliphatic heterocycles. The Kier molecular flexibility index (Phi) is 6.53. The minimum absolute atomic E-state index is 0.0128. The van der Waals surface area contributed by atoms with Crippen LogP contribution in [0, 0.1) is 6.92 Å². The summed E-state index contributed by atoms with van der Waals surface area (Å²) in [5.74, 6) is 2.28. The van der Waals surface area contributed by atoms with Crippen molar-refractivity contribution in [2.45, 2.75) is 19.7 Å². The number of hydrogen-bond donors (Lipinski definition) is 1. The summed E-state index contributed by atoms with van der Waals surface area (Å²) in [7, 11) is 1.56. The van der Waals surface area contributed by atoms with Gasteiger partial charge in [-0.15, -0.1) is 11.3 Å². The van der Waals surface area contributed by atoms with Crippen LogP contribution in [0.4, 0.5) is 14.9 Å². The van der Waals surface area contributed by atoms with Gasteiger partial charge in [0, 0.05) is 10.9 Å². The first-order valence-corrected chi connectivity index (χ1v) is 12.8. The van der Waals surface area contributed by atoms with Gasteiger partial charge in [0.2, 0.25) is 0 Å². The Hall–Kier alpha value is -4.58. The van der Waals surface area contributed by atoms with Crippen LogP contribution in [0.15, 0.2) is 48.9 Å². The Morgan fingerprint density at radius 1 is 1.18 bits per heavy atom. The molecule has 2 aromatic carbocycles. The SMILES string of the molecule is COc1cnc2c(-c3nc4ccc5c(c4s3)OC[C@H](COC(=O)Nc3cnc(C)nc3)O5)cc(CF)cc2c1. The van der Waals surface area contributed by atoms with Gasteiger partial charge in [-0.25, -0.2) is 24.1 Å². The third kappa shape index (κ3) is 4.98. The van der Waals surface area contributed by atoms with E-state index in [0.29, 0.717) is 44.8 Å². The van der Waals surface area contributed by atoms with E-state index in [2.05, 4.69) is 20.3 Å². The summed E-state index contributed by atoms with van der Waals surface area (Å²) in [5.41, 5.74) is 3.10. The molecule has 12 heteroatoms. The van der Waals surface area contributed by atoms with Gasteiger partial charge in [0.25, 0.3) is 0 Å². The van der Waals surface area contributed by atoms with Crippen molar-refractivity contribution in [2.75, 3.05) is 25.6 Å². The normalized spacial score (nSPS) is 14.4. The first-order chi connectivity index (χ1) is 19.0. The molecule has 0 unspecified atom stereocenters. The highest BCUT2D eigenvalue weighted by molar-refractivity contribution is 7.22. The van der Waals surface area contributed by atoms with E-state index in [4.69, 9.17) is 23.9 Å². The summed E-state index contributed by atoms with van der Waals surface area (Å²) in [4.78, 5) is 29.5. The second kappa shape index (κ2) is 10.3. The molecule has 0 bridgehead atoms. The van der Waals surface area contributed by atoms with Crippen molar-refractivity contribution in [1.82, 2.24) is 19.9 Å². The highest BCUT2D eigenvalue weighted by atomic mass is 32.1. The number of amides is 1. The highest BCUT2D eigenvalue weighted by Gasteiger charge is 2.26. The van der Waals surface area contributed by atoms with Crippen LogP contribution in [0.5, 0.6) is 17.2 Å². The maximum atomic E-state index is 13.7. The molecule has 1 aliphatic rings. The first kappa shape index (κ1) is 24.7. The van der Waals surface area contributed by atoms with Gasteiger partial charge in [0.05, 0.1) is 42.4 Å². The van der Waals surface area contributed by atoms with Crippen molar-refractivity contribution in [3.8, 4) is 27.8 Å². The summed E-state index contributed by atoms with van der Waals surface area (Å²) < 4.78 is 37.2. The zero-order valence-electron chi connectivity index (χ0n) is 20.9. The van der Waals surface area contributed by atoms with Gasteiger partial charge >= 0.3 is 6.09 Å². The summed E-state index contributed by atoms with van der Waals surface area (Å²) >= 11 is 1.41. The van der Waals surface area contributed by atoms with Crippen molar-refractivity contribution in [2.24, 2.45) is 0 Å². The van der Waals surface area contributed by atoms with Crippen molar-refractivity contribution < 1.29 is 28.1 Å². The second-order valence-electron chi connectivity index (χ2n) is 8.78. The van der Waals surface area contributed by atoms with Crippen molar-refractivity contribution in [1.29, 1.82) is 0 Å². The Morgan fingerprint density at radius 3 is 2.82 bits per heavy atom. The molecule has 3 aromatic heterocycles. The lowest BCUT2D eigenvalue weighted by Gasteiger charge is -2.26. The van der Waals surface area contributed by atoms with Gasteiger partial charge in [-0.2, -0.15) is 0 Å². The Balaban J connectivity index is 1.22. The second-order valence-corrected chi connectivity index (χ2v) is 9.78. The van der Waals surface area contributed by atoms with Gasteiger partial charge in [-0.3, -0.25) is 10.3 Å². The third-order valence-electron chi connectivity index (χ3n) is 6.05. The van der Waals surface area contributed by atoms with E-state index in [1.165, 1.54) is 23.7 Å². The van der Waals surface area contributed by atoms with E-state index >= 15 is 0 Å². The van der Waals surface area contributed by atoms with E-state index in [0.717, 1.165) is 21.2 Å². The van der Waals surface area contributed by atoms with E-state index in [-0.39, 0.29) is 13.2 Å². The highest BCUT2D eigenvalue weighted by Crippen LogP contribution is 2.44. The number of nitrogens with zero attached hydrogens (tertiary/aromatic N) is 4. The van der Waals surface area contributed by atoms with Crippen LogP contribution in [0.2, 0.25) is 0 Å². The standard InChI is InChI=1S/C27H22FN5O5S/c1-14-29-9-17(10-30-14)32-27(34)37-13-19-12-36-24-22(38-19)4-3-21-25(24)39-26(33-21)20-6-15(8-28)5-16-7-18(35-2)11-31-23(16)20/h3-7,9-11,19H,8,12-13H2,1-2H3,(H,32,34)/t19-/m1/s1. The van der Waals surface area contributed by atoms with Gasteiger partial charge in [0.15, 0.2) is 17.6 Å². The molecular formula is C27H22FN5O5S. The molecule has 39 heavy (non-hydrogen) atoms. The maximum Gasteiger partial charge on any atom is 0.411 e. The lowest BCUT2D eigenvalue weighted by atomic mass is 10.1. The number of methoxy groups -OCH3 is 1. The topological polar surface area (TPSA) is 118 Å². The predicted octanol–water partition coefficient (Wildman–Crippen LogP) is 5.48. The number of anilines is 1. The number of carbonyl (C=O) groups excluding carboxylic acids is 1. The lowest BCUT2D eigenvalue weighted by Crippen LogP contribution is -2.35. The zero-order valence-corrected chi connectivity index (χ0v) is 21.8. The molecule has 6 rings (SSSR count). The number of pyridine rings is 1. The molecular weight excluding hydrogens is 525 g/mol. The molecule has 0 aliphatic carbocycles. The number of alkyl halides is 1. The molecule has 4 heterocycles. The molecule has 5 aromatic rings. The average molecular weight is 548 g/mol. The molecule has 1 atom stereocenters. The van der Waals surface area contributed by atoms with E-state index in [9.17, 15) is 9.18 Å². The quantitative estimate of drug-likeness (QED) is 0.295. The predicted molar refractivity (Wildman–Crippen MR) is 143 cm³/mol. The van der Waals surface area contributed by atoms with Crippen molar-refractivity contribution >= 4 is 44.2 Å². The van der Waals surface area contributed by atoms with E-state index < -0.39 is 18.9 Å². The number of rotatable bonds is 6. The average Bonchev–Trinajstić information content (AvgIpc) is 3.41. The number of aromatic nitrogens is 4. The van der Waals surface area contributed by atoms with Crippen LogP contribution in [0.1, 0.15) is 11.4 Å². The van der Waals surface area contributed by atoms with Crippen LogP contribution in [-0.4, -0.2) is 52.5 Å².